The van der Waals surface area contributed by atoms with Crippen LogP contribution in [0.3, 0.4) is 0 Å². The average molecular weight is 343 g/mol. The first-order valence-corrected chi connectivity index (χ1v) is 8.93. The van der Waals surface area contributed by atoms with E-state index in [-0.39, 0.29) is 0 Å². The molecule has 0 aliphatic carbocycles. The Balaban J connectivity index is 1.92. The lowest BCUT2D eigenvalue weighted by Gasteiger charge is -2.05. The van der Waals surface area contributed by atoms with E-state index in [0.29, 0.717) is 5.65 Å². The van der Waals surface area contributed by atoms with Gasteiger partial charge in [0.15, 0.2) is 11.2 Å². The molecule has 0 spiro atoms. The third kappa shape index (κ3) is 2.13. The quantitative estimate of drug-likeness (QED) is 0.338. The number of aryl methyl sites for hydroxylation is 2. The minimum absolute atomic E-state index is 0.684. The minimum atomic E-state index is 0.684. The van der Waals surface area contributed by atoms with Crippen LogP contribution in [0, 0.1) is 6.92 Å². The summed E-state index contributed by atoms with van der Waals surface area (Å²) in [4.78, 5) is 15.3. The van der Waals surface area contributed by atoms with Gasteiger partial charge in [-0.1, -0.05) is 30.3 Å². The van der Waals surface area contributed by atoms with Crippen LogP contribution in [0.15, 0.2) is 54.9 Å². The SMILES string of the molecule is Cc1c(-c2c3nc4ccccc4nc3nc[n+]2C)sc2ccccc12. The standard InChI is InChI=1S/C20H15N4S/c1-12-13-7-3-6-10-16(13)25-19(12)18-17-20(21-11-24(18)2)23-15-9-5-4-8-14(15)22-17/h3-11H,1-2H3/q+1. The number of hydrogen-bond donors (Lipinski definition) is 0. The van der Waals surface area contributed by atoms with E-state index in [1.54, 1.807) is 11.3 Å². The highest BCUT2D eigenvalue weighted by Crippen LogP contribution is 2.38. The molecule has 0 fully saturated rings. The van der Waals surface area contributed by atoms with Crippen LogP contribution in [0.5, 0.6) is 0 Å². The van der Waals surface area contributed by atoms with Crippen molar-refractivity contribution in [2.45, 2.75) is 6.92 Å². The van der Waals surface area contributed by atoms with Gasteiger partial charge in [0.05, 0.1) is 23.0 Å². The Hall–Kier alpha value is -2.92. The van der Waals surface area contributed by atoms with Crippen LogP contribution in [-0.4, -0.2) is 15.0 Å². The molecule has 4 nitrogen and oxygen atoms in total. The predicted octanol–water partition coefficient (Wildman–Crippen LogP) is 4.19. The lowest BCUT2D eigenvalue weighted by Crippen LogP contribution is -2.32. The number of thiophene rings is 1. The molecule has 0 saturated carbocycles. The molecule has 0 saturated heterocycles. The maximum atomic E-state index is 4.89. The van der Waals surface area contributed by atoms with Crippen LogP contribution in [0.2, 0.25) is 0 Å². The predicted molar refractivity (Wildman–Crippen MR) is 102 cm³/mol. The van der Waals surface area contributed by atoms with Crippen molar-refractivity contribution in [1.82, 2.24) is 15.0 Å². The number of rotatable bonds is 1. The average Bonchev–Trinajstić information content (AvgIpc) is 2.97. The van der Waals surface area contributed by atoms with Crippen molar-refractivity contribution in [3.05, 3.63) is 60.4 Å². The van der Waals surface area contributed by atoms with E-state index in [1.807, 2.05) is 42.2 Å². The van der Waals surface area contributed by atoms with E-state index in [9.17, 15) is 0 Å². The molecule has 5 aromatic rings. The summed E-state index contributed by atoms with van der Waals surface area (Å²) in [6, 6.07) is 16.4. The van der Waals surface area contributed by atoms with Gasteiger partial charge in [-0.15, -0.1) is 11.3 Å². The molecule has 0 N–H and O–H groups in total. The topological polar surface area (TPSA) is 42.6 Å². The fourth-order valence-electron chi connectivity index (χ4n) is 3.27. The van der Waals surface area contributed by atoms with Crippen LogP contribution >= 0.6 is 11.3 Å². The van der Waals surface area contributed by atoms with E-state index in [0.717, 1.165) is 22.2 Å². The summed E-state index contributed by atoms with van der Waals surface area (Å²) in [5, 5.41) is 1.29. The van der Waals surface area contributed by atoms with Gasteiger partial charge in [-0.2, -0.15) is 0 Å². The van der Waals surface area contributed by atoms with E-state index >= 15 is 0 Å². The van der Waals surface area contributed by atoms with Crippen molar-refractivity contribution < 1.29 is 4.57 Å². The van der Waals surface area contributed by atoms with Gasteiger partial charge in [0.25, 0.3) is 12.0 Å². The molecule has 0 aliphatic heterocycles. The van der Waals surface area contributed by atoms with E-state index in [2.05, 4.69) is 36.2 Å². The van der Waals surface area contributed by atoms with Crippen molar-refractivity contribution in [1.29, 1.82) is 0 Å². The van der Waals surface area contributed by atoms with Gasteiger partial charge in [0.1, 0.15) is 0 Å². The first kappa shape index (κ1) is 14.4. The molecule has 0 amide bonds. The monoisotopic (exact) mass is 343 g/mol. The summed E-state index contributed by atoms with van der Waals surface area (Å²) in [7, 11) is 2.02. The van der Waals surface area contributed by atoms with Crippen LogP contribution in [0.1, 0.15) is 5.56 Å². The van der Waals surface area contributed by atoms with Crippen molar-refractivity contribution in [2.75, 3.05) is 0 Å². The molecule has 0 aliphatic rings. The zero-order valence-electron chi connectivity index (χ0n) is 13.9. The number of para-hydroxylation sites is 2. The van der Waals surface area contributed by atoms with Gasteiger partial charge < -0.3 is 0 Å². The lowest BCUT2D eigenvalue weighted by molar-refractivity contribution is -0.662. The highest BCUT2D eigenvalue weighted by atomic mass is 32.1. The maximum Gasteiger partial charge on any atom is 0.297 e. The first-order chi connectivity index (χ1) is 12.2. The second-order valence-electron chi connectivity index (χ2n) is 6.14. The summed E-state index contributed by atoms with van der Waals surface area (Å²) >= 11 is 1.80. The fourth-order valence-corrected chi connectivity index (χ4v) is 4.57. The van der Waals surface area contributed by atoms with Crippen LogP contribution < -0.4 is 4.57 Å². The van der Waals surface area contributed by atoms with Gasteiger partial charge in [0, 0.05) is 4.70 Å². The molecule has 2 aromatic carbocycles. The molecular weight excluding hydrogens is 328 g/mol. The molecule has 5 rings (SSSR count). The van der Waals surface area contributed by atoms with E-state index in [1.165, 1.54) is 20.5 Å². The molecule has 3 aromatic heterocycles. The Morgan fingerprint density at radius 2 is 1.64 bits per heavy atom. The Morgan fingerprint density at radius 1 is 0.920 bits per heavy atom. The molecular formula is C20H15N4S+. The normalized spacial score (nSPS) is 11.6. The highest BCUT2D eigenvalue weighted by molar-refractivity contribution is 7.22. The van der Waals surface area contributed by atoms with E-state index < -0.39 is 0 Å². The highest BCUT2D eigenvalue weighted by Gasteiger charge is 2.22. The van der Waals surface area contributed by atoms with Crippen LogP contribution in [-0.2, 0) is 7.05 Å². The zero-order valence-corrected chi connectivity index (χ0v) is 14.7. The third-order valence-corrected chi connectivity index (χ3v) is 5.82. The van der Waals surface area contributed by atoms with Crippen molar-refractivity contribution in [3.8, 4) is 10.6 Å². The van der Waals surface area contributed by atoms with Gasteiger partial charge in [-0.05, 0) is 41.1 Å². The Bertz CT molecular complexity index is 1270. The first-order valence-electron chi connectivity index (χ1n) is 8.12. The number of aromatic nitrogens is 4. The number of benzene rings is 2. The van der Waals surface area contributed by atoms with Crippen molar-refractivity contribution in [3.63, 3.8) is 0 Å². The number of hydrogen-bond acceptors (Lipinski definition) is 4. The Morgan fingerprint density at radius 3 is 2.44 bits per heavy atom. The van der Waals surface area contributed by atoms with Gasteiger partial charge >= 0.3 is 0 Å². The number of nitrogens with zero attached hydrogens (tertiary/aromatic N) is 4. The molecule has 0 bridgehead atoms. The molecule has 0 radical (unpaired) electrons. The zero-order chi connectivity index (χ0) is 17.0. The molecule has 0 atom stereocenters. The Kier molecular flexibility index (Phi) is 3.05. The largest absolute Gasteiger partial charge is 0.297 e. The smallest absolute Gasteiger partial charge is 0.236 e. The second kappa shape index (κ2) is 5.29. The van der Waals surface area contributed by atoms with E-state index in [4.69, 9.17) is 9.97 Å². The fraction of sp³-hybridized carbons (Fsp3) is 0.100. The minimum Gasteiger partial charge on any atom is -0.236 e. The van der Waals surface area contributed by atoms with Crippen LogP contribution in [0.25, 0.3) is 42.9 Å². The van der Waals surface area contributed by atoms with Crippen molar-refractivity contribution >= 4 is 43.6 Å². The van der Waals surface area contributed by atoms with Gasteiger partial charge in [-0.3, -0.25) is 0 Å². The molecule has 5 heteroatoms. The molecule has 3 heterocycles. The van der Waals surface area contributed by atoms with Gasteiger partial charge in [-0.25, -0.2) is 14.5 Å². The summed E-state index contributed by atoms with van der Waals surface area (Å²) in [6.07, 6.45) is 1.82. The summed E-state index contributed by atoms with van der Waals surface area (Å²) in [6.45, 7) is 2.18. The summed E-state index contributed by atoms with van der Waals surface area (Å²) in [5.74, 6) is 0. The molecule has 120 valence electrons. The summed E-state index contributed by atoms with van der Waals surface area (Å²) < 4.78 is 3.33. The van der Waals surface area contributed by atoms with Crippen LogP contribution in [0.4, 0.5) is 0 Å². The van der Waals surface area contributed by atoms with Gasteiger partial charge in [0.2, 0.25) is 0 Å². The maximum absolute atomic E-state index is 4.89. The molecule has 25 heavy (non-hydrogen) atoms. The number of fused-ring (bicyclic) bond motifs is 3. The van der Waals surface area contributed by atoms with Crippen molar-refractivity contribution in [2.24, 2.45) is 7.05 Å². The summed E-state index contributed by atoms with van der Waals surface area (Å²) in [5.41, 5.74) is 5.64. The third-order valence-electron chi connectivity index (χ3n) is 4.54. The Labute approximate surface area is 148 Å². The molecule has 0 unspecified atom stereocenters. The lowest BCUT2D eigenvalue weighted by atomic mass is 10.1. The second-order valence-corrected chi connectivity index (χ2v) is 7.19.